The van der Waals surface area contributed by atoms with Gasteiger partial charge in [-0.3, -0.25) is 4.90 Å². The largest absolute Gasteiger partial charge is 0.389 e. The molecule has 0 radical (unpaired) electrons. The second kappa shape index (κ2) is 5.83. The van der Waals surface area contributed by atoms with Crippen LogP contribution in [0.4, 0.5) is 0 Å². The number of likely N-dealkylation sites (N-methyl/N-ethyl adjacent to an activating group) is 1. The molecule has 1 atom stereocenters. The Balaban J connectivity index is 2.04. The fourth-order valence-corrected chi connectivity index (χ4v) is 3.01. The van der Waals surface area contributed by atoms with Crippen LogP contribution in [-0.2, 0) is 0 Å². The van der Waals surface area contributed by atoms with Crippen LogP contribution in [0.1, 0.15) is 37.3 Å². The van der Waals surface area contributed by atoms with Crippen molar-refractivity contribution in [2.45, 2.75) is 37.3 Å². The number of nitrogens with zero attached hydrogens (tertiary/aromatic N) is 1. The lowest BCUT2D eigenvalue weighted by atomic mass is 9.99. The second-order valence-corrected chi connectivity index (χ2v) is 5.51. The minimum absolute atomic E-state index is 0.191. The summed E-state index contributed by atoms with van der Waals surface area (Å²) in [4.78, 5) is 2.20. The molecule has 1 fully saturated rings. The lowest BCUT2D eigenvalue weighted by molar-refractivity contribution is 0.00593. The predicted octanol–water partition coefficient (Wildman–Crippen LogP) is 1.92. The fourth-order valence-electron chi connectivity index (χ4n) is 3.01. The third-order valence-corrected chi connectivity index (χ3v) is 4.02. The normalized spacial score (nSPS) is 20.2. The van der Waals surface area contributed by atoms with Crippen molar-refractivity contribution in [1.82, 2.24) is 4.90 Å². The molecule has 1 aromatic carbocycles. The Labute approximate surface area is 110 Å². The number of benzene rings is 1. The minimum Gasteiger partial charge on any atom is -0.389 e. The van der Waals surface area contributed by atoms with Crippen molar-refractivity contribution in [3.8, 4) is 0 Å². The highest BCUT2D eigenvalue weighted by atomic mass is 16.3. The molecule has 0 heterocycles. The van der Waals surface area contributed by atoms with Crippen LogP contribution in [0.3, 0.4) is 0 Å². The predicted molar refractivity (Wildman–Crippen MR) is 74.3 cm³/mol. The minimum atomic E-state index is -0.503. The van der Waals surface area contributed by atoms with Gasteiger partial charge in [0.15, 0.2) is 0 Å². The van der Waals surface area contributed by atoms with Crippen LogP contribution < -0.4 is 5.73 Å². The van der Waals surface area contributed by atoms with Crippen LogP contribution in [0.25, 0.3) is 0 Å². The van der Waals surface area contributed by atoms with Crippen LogP contribution in [0.15, 0.2) is 30.3 Å². The molecule has 1 aromatic rings. The molecule has 2 rings (SSSR count). The monoisotopic (exact) mass is 248 g/mol. The topological polar surface area (TPSA) is 49.5 Å². The maximum Gasteiger partial charge on any atom is 0.0774 e. The van der Waals surface area contributed by atoms with Crippen molar-refractivity contribution in [2.24, 2.45) is 5.73 Å². The molecule has 0 aromatic heterocycles. The van der Waals surface area contributed by atoms with Gasteiger partial charge in [-0.05, 0) is 25.5 Å². The van der Waals surface area contributed by atoms with Gasteiger partial charge in [0.05, 0.1) is 5.60 Å². The van der Waals surface area contributed by atoms with Crippen LogP contribution >= 0.6 is 0 Å². The Morgan fingerprint density at radius 3 is 2.44 bits per heavy atom. The molecule has 0 saturated heterocycles. The number of nitrogens with two attached hydrogens (primary N) is 1. The van der Waals surface area contributed by atoms with Gasteiger partial charge in [0.1, 0.15) is 0 Å². The first kappa shape index (κ1) is 13.5. The van der Waals surface area contributed by atoms with Gasteiger partial charge in [-0.15, -0.1) is 0 Å². The van der Waals surface area contributed by atoms with Gasteiger partial charge in [-0.2, -0.15) is 0 Å². The van der Waals surface area contributed by atoms with Gasteiger partial charge in [0.25, 0.3) is 0 Å². The average molecular weight is 248 g/mol. The van der Waals surface area contributed by atoms with E-state index in [2.05, 4.69) is 24.1 Å². The highest BCUT2D eigenvalue weighted by Gasteiger charge is 2.33. The zero-order chi connectivity index (χ0) is 13.0. The highest BCUT2D eigenvalue weighted by Crippen LogP contribution is 2.31. The summed E-state index contributed by atoms with van der Waals surface area (Å²) in [6, 6.07) is 10.5. The number of hydrogen-bond acceptors (Lipinski definition) is 3. The van der Waals surface area contributed by atoms with Crippen molar-refractivity contribution in [3.05, 3.63) is 35.9 Å². The summed E-state index contributed by atoms with van der Waals surface area (Å²) in [5, 5.41) is 10.5. The summed E-state index contributed by atoms with van der Waals surface area (Å²) < 4.78 is 0. The molecule has 3 N–H and O–H groups in total. The van der Waals surface area contributed by atoms with Crippen LogP contribution in [0.5, 0.6) is 0 Å². The van der Waals surface area contributed by atoms with E-state index in [0.717, 1.165) is 25.7 Å². The maximum atomic E-state index is 10.5. The van der Waals surface area contributed by atoms with Crippen molar-refractivity contribution >= 4 is 0 Å². The van der Waals surface area contributed by atoms with Gasteiger partial charge in [0, 0.05) is 19.1 Å². The Hall–Kier alpha value is -0.900. The molecule has 3 nitrogen and oxygen atoms in total. The van der Waals surface area contributed by atoms with E-state index in [4.69, 9.17) is 5.73 Å². The Bertz CT molecular complexity index is 360. The SMILES string of the molecule is CN(CC1(O)CCCC1)C(CN)c1ccccc1. The first-order chi connectivity index (χ1) is 8.64. The lowest BCUT2D eigenvalue weighted by Crippen LogP contribution is -2.42. The molecule has 18 heavy (non-hydrogen) atoms. The van der Waals surface area contributed by atoms with E-state index in [1.807, 2.05) is 18.2 Å². The first-order valence-corrected chi connectivity index (χ1v) is 6.82. The van der Waals surface area contributed by atoms with Crippen LogP contribution in [-0.4, -0.2) is 35.7 Å². The molecule has 0 aliphatic heterocycles. The van der Waals surface area contributed by atoms with Crippen molar-refractivity contribution in [2.75, 3.05) is 20.1 Å². The number of rotatable bonds is 5. The first-order valence-electron chi connectivity index (χ1n) is 6.82. The molecule has 1 aliphatic rings. The van der Waals surface area contributed by atoms with Crippen LogP contribution in [0.2, 0.25) is 0 Å². The van der Waals surface area contributed by atoms with E-state index in [1.54, 1.807) is 0 Å². The number of hydrogen-bond donors (Lipinski definition) is 2. The van der Waals surface area contributed by atoms with E-state index in [0.29, 0.717) is 13.1 Å². The van der Waals surface area contributed by atoms with Crippen molar-refractivity contribution < 1.29 is 5.11 Å². The van der Waals surface area contributed by atoms with Crippen molar-refractivity contribution in [1.29, 1.82) is 0 Å². The summed E-state index contributed by atoms with van der Waals surface area (Å²) >= 11 is 0. The fraction of sp³-hybridized carbons (Fsp3) is 0.600. The Morgan fingerprint density at radius 1 is 1.28 bits per heavy atom. The zero-order valence-corrected chi connectivity index (χ0v) is 11.2. The molecule has 1 aliphatic carbocycles. The standard InChI is InChI=1S/C15H24N2O/c1-17(12-15(18)9-5-6-10-15)14(11-16)13-7-3-2-4-8-13/h2-4,7-8,14,18H,5-6,9-12,16H2,1H3. The van der Waals surface area contributed by atoms with E-state index in [9.17, 15) is 5.11 Å². The van der Waals surface area contributed by atoms with E-state index in [1.165, 1.54) is 5.56 Å². The zero-order valence-electron chi connectivity index (χ0n) is 11.2. The van der Waals surface area contributed by atoms with Crippen molar-refractivity contribution in [3.63, 3.8) is 0 Å². The quantitative estimate of drug-likeness (QED) is 0.837. The molecule has 1 saturated carbocycles. The third-order valence-electron chi connectivity index (χ3n) is 4.02. The molecular formula is C15H24N2O. The van der Waals surface area contributed by atoms with E-state index < -0.39 is 5.60 Å². The summed E-state index contributed by atoms with van der Waals surface area (Å²) in [6.45, 7) is 1.29. The number of aliphatic hydroxyl groups is 1. The van der Waals surface area contributed by atoms with Gasteiger partial charge in [0.2, 0.25) is 0 Å². The van der Waals surface area contributed by atoms with Gasteiger partial charge in [-0.25, -0.2) is 0 Å². The molecule has 0 bridgehead atoms. The van der Waals surface area contributed by atoms with E-state index >= 15 is 0 Å². The molecule has 0 spiro atoms. The Morgan fingerprint density at radius 2 is 1.89 bits per heavy atom. The smallest absolute Gasteiger partial charge is 0.0774 e. The summed E-state index contributed by atoms with van der Waals surface area (Å²) in [6.07, 6.45) is 4.12. The average Bonchev–Trinajstić information content (AvgIpc) is 2.78. The highest BCUT2D eigenvalue weighted by molar-refractivity contribution is 5.19. The van der Waals surface area contributed by atoms with E-state index in [-0.39, 0.29) is 6.04 Å². The molecular weight excluding hydrogens is 224 g/mol. The Kier molecular flexibility index (Phi) is 4.38. The van der Waals surface area contributed by atoms with Gasteiger partial charge in [-0.1, -0.05) is 43.2 Å². The molecule has 3 heteroatoms. The molecule has 100 valence electrons. The second-order valence-electron chi connectivity index (χ2n) is 5.51. The third kappa shape index (κ3) is 3.10. The molecule has 0 amide bonds. The lowest BCUT2D eigenvalue weighted by Gasteiger charge is -2.34. The summed E-state index contributed by atoms with van der Waals surface area (Å²) in [7, 11) is 2.06. The van der Waals surface area contributed by atoms with Gasteiger partial charge < -0.3 is 10.8 Å². The maximum absolute atomic E-state index is 10.5. The van der Waals surface area contributed by atoms with Crippen LogP contribution in [0, 0.1) is 0 Å². The summed E-state index contributed by atoms with van der Waals surface area (Å²) in [5.74, 6) is 0. The summed E-state index contributed by atoms with van der Waals surface area (Å²) in [5.41, 5.74) is 6.62. The molecule has 1 unspecified atom stereocenters. The van der Waals surface area contributed by atoms with Gasteiger partial charge >= 0.3 is 0 Å².